The number of fused-ring (bicyclic) bond motifs is 1. The molecule has 0 atom stereocenters. The molecule has 2 heterocycles. The van der Waals surface area contributed by atoms with Crippen LogP contribution in [0.5, 0.6) is 5.75 Å². The maximum absolute atomic E-state index is 12.9. The monoisotopic (exact) mass is 340 g/mol. The summed E-state index contributed by atoms with van der Waals surface area (Å²) in [5, 5.41) is 7.32. The molecule has 1 aliphatic heterocycles. The number of carbonyl (C=O) groups excluding carboxylic acids is 2. The molecule has 2 amide bonds. The quantitative estimate of drug-likeness (QED) is 0.915. The predicted molar refractivity (Wildman–Crippen MR) is 90.3 cm³/mol. The third-order valence-corrected chi connectivity index (χ3v) is 4.72. The zero-order valence-corrected chi connectivity index (χ0v) is 14.3. The zero-order valence-electron chi connectivity index (χ0n) is 14.3. The zero-order chi connectivity index (χ0) is 17.6. The molecule has 2 aromatic rings. The lowest BCUT2D eigenvalue weighted by Gasteiger charge is -2.18. The van der Waals surface area contributed by atoms with Gasteiger partial charge in [-0.25, -0.2) is 0 Å². The molecule has 0 bridgehead atoms. The summed E-state index contributed by atoms with van der Waals surface area (Å²) in [6.45, 7) is 0.819. The summed E-state index contributed by atoms with van der Waals surface area (Å²) in [4.78, 5) is 27.0. The molecule has 130 valence electrons. The SMILES string of the molecule is COc1ccccc1C(=O)N1Cc2c(C(=O)NC3CC3)nn(C)c2C1. The normalized spacial score (nSPS) is 15.8. The average Bonchev–Trinajstić information content (AvgIpc) is 3.23. The van der Waals surface area contributed by atoms with Gasteiger partial charge in [0.2, 0.25) is 0 Å². The van der Waals surface area contributed by atoms with Gasteiger partial charge in [0.15, 0.2) is 5.69 Å². The Kier molecular flexibility index (Phi) is 3.71. The van der Waals surface area contributed by atoms with Gasteiger partial charge in [-0.15, -0.1) is 0 Å². The van der Waals surface area contributed by atoms with E-state index in [4.69, 9.17) is 4.74 Å². The van der Waals surface area contributed by atoms with E-state index in [9.17, 15) is 9.59 Å². The fraction of sp³-hybridized carbons (Fsp3) is 0.389. The summed E-state index contributed by atoms with van der Waals surface area (Å²) in [5.74, 6) is 0.293. The Hall–Kier alpha value is -2.83. The Balaban J connectivity index is 1.58. The van der Waals surface area contributed by atoms with Crippen molar-refractivity contribution in [3.8, 4) is 5.75 Å². The third-order valence-electron chi connectivity index (χ3n) is 4.72. The molecule has 7 nitrogen and oxygen atoms in total. The second-order valence-corrected chi connectivity index (χ2v) is 6.51. The summed E-state index contributed by atoms with van der Waals surface area (Å²) < 4.78 is 6.99. The highest BCUT2D eigenvalue weighted by Crippen LogP contribution is 2.29. The molecule has 1 aliphatic carbocycles. The van der Waals surface area contributed by atoms with Gasteiger partial charge in [0.05, 0.1) is 31.5 Å². The van der Waals surface area contributed by atoms with Gasteiger partial charge >= 0.3 is 0 Å². The summed E-state index contributed by atoms with van der Waals surface area (Å²) in [6.07, 6.45) is 2.05. The van der Waals surface area contributed by atoms with Crippen molar-refractivity contribution < 1.29 is 14.3 Å². The van der Waals surface area contributed by atoms with Gasteiger partial charge in [0.1, 0.15) is 5.75 Å². The van der Waals surface area contributed by atoms with E-state index in [1.165, 1.54) is 0 Å². The molecular formula is C18H20N4O3. The number of carbonyl (C=O) groups is 2. The highest BCUT2D eigenvalue weighted by Gasteiger charge is 2.34. The first-order valence-corrected chi connectivity index (χ1v) is 8.36. The molecule has 0 spiro atoms. The summed E-state index contributed by atoms with van der Waals surface area (Å²) in [5.41, 5.74) is 2.70. The van der Waals surface area contributed by atoms with E-state index in [-0.39, 0.29) is 17.9 Å². The lowest BCUT2D eigenvalue weighted by molar-refractivity contribution is 0.0742. The van der Waals surface area contributed by atoms with Crippen molar-refractivity contribution in [2.75, 3.05) is 7.11 Å². The fourth-order valence-corrected chi connectivity index (χ4v) is 3.19. The number of aryl methyl sites for hydroxylation is 1. The van der Waals surface area contributed by atoms with Gasteiger partial charge in [0.25, 0.3) is 11.8 Å². The van der Waals surface area contributed by atoms with Crippen LogP contribution >= 0.6 is 0 Å². The van der Waals surface area contributed by atoms with Crippen LogP contribution in [0.3, 0.4) is 0 Å². The molecule has 1 saturated carbocycles. The van der Waals surface area contributed by atoms with Gasteiger partial charge in [-0.3, -0.25) is 14.3 Å². The predicted octanol–water partition coefficient (Wildman–Crippen LogP) is 1.48. The number of nitrogens with one attached hydrogen (secondary N) is 1. The molecule has 4 rings (SSSR count). The average molecular weight is 340 g/mol. The van der Waals surface area contributed by atoms with E-state index in [1.807, 2.05) is 19.2 Å². The fourth-order valence-electron chi connectivity index (χ4n) is 3.19. The minimum absolute atomic E-state index is 0.109. The van der Waals surface area contributed by atoms with E-state index in [0.29, 0.717) is 30.1 Å². The second-order valence-electron chi connectivity index (χ2n) is 6.51. The Morgan fingerprint density at radius 2 is 2.00 bits per heavy atom. The number of para-hydroxylation sites is 1. The number of amides is 2. The van der Waals surface area contributed by atoms with Crippen molar-refractivity contribution in [2.24, 2.45) is 7.05 Å². The minimum atomic E-state index is -0.147. The van der Waals surface area contributed by atoms with Crippen molar-refractivity contribution in [3.05, 3.63) is 46.8 Å². The Labute approximate surface area is 145 Å². The van der Waals surface area contributed by atoms with Crippen molar-refractivity contribution >= 4 is 11.8 Å². The Morgan fingerprint density at radius 1 is 1.24 bits per heavy atom. The summed E-state index contributed by atoms with van der Waals surface area (Å²) >= 11 is 0. The first-order valence-electron chi connectivity index (χ1n) is 8.36. The topological polar surface area (TPSA) is 76.5 Å². The van der Waals surface area contributed by atoms with E-state index < -0.39 is 0 Å². The lowest BCUT2D eigenvalue weighted by Crippen LogP contribution is -2.29. The summed E-state index contributed by atoms with van der Waals surface area (Å²) in [7, 11) is 3.36. The minimum Gasteiger partial charge on any atom is -0.496 e. The number of hydrogen-bond acceptors (Lipinski definition) is 4. The van der Waals surface area contributed by atoms with Gasteiger partial charge in [-0.2, -0.15) is 5.10 Å². The molecule has 0 unspecified atom stereocenters. The van der Waals surface area contributed by atoms with Gasteiger partial charge in [-0.05, 0) is 25.0 Å². The van der Waals surface area contributed by atoms with Gasteiger partial charge in [0, 0.05) is 18.7 Å². The molecule has 1 aromatic carbocycles. The maximum atomic E-state index is 12.9. The third kappa shape index (κ3) is 2.75. The van der Waals surface area contributed by atoms with E-state index >= 15 is 0 Å². The van der Waals surface area contributed by atoms with Crippen LogP contribution in [0.1, 0.15) is 44.9 Å². The number of hydrogen-bond donors (Lipinski definition) is 1. The molecule has 0 radical (unpaired) electrons. The smallest absolute Gasteiger partial charge is 0.272 e. The number of rotatable bonds is 4. The number of methoxy groups -OCH3 is 1. The molecule has 1 N–H and O–H groups in total. The number of aromatic nitrogens is 2. The van der Waals surface area contributed by atoms with Crippen LogP contribution in [-0.2, 0) is 20.1 Å². The summed E-state index contributed by atoms with van der Waals surface area (Å²) in [6, 6.07) is 7.45. The van der Waals surface area contributed by atoms with Crippen molar-refractivity contribution in [2.45, 2.75) is 32.0 Å². The number of ether oxygens (including phenoxy) is 1. The van der Waals surface area contributed by atoms with Crippen LogP contribution < -0.4 is 10.1 Å². The van der Waals surface area contributed by atoms with Crippen molar-refractivity contribution in [3.63, 3.8) is 0 Å². The second kappa shape index (κ2) is 5.91. The largest absolute Gasteiger partial charge is 0.496 e. The lowest BCUT2D eigenvalue weighted by atomic mass is 10.1. The molecule has 1 aromatic heterocycles. The van der Waals surface area contributed by atoms with Crippen molar-refractivity contribution in [1.29, 1.82) is 0 Å². The van der Waals surface area contributed by atoms with Crippen LogP contribution in [0.4, 0.5) is 0 Å². The molecule has 2 aliphatic rings. The van der Waals surface area contributed by atoms with E-state index in [0.717, 1.165) is 24.1 Å². The molecule has 1 fully saturated rings. The highest BCUT2D eigenvalue weighted by atomic mass is 16.5. The van der Waals surface area contributed by atoms with E-state index in [2.05, 4.69) is 10.4 Å². The van der Waals surface area contributed by atoms with Crippen LogP contribution in [0.2, 0.25) is 0 Å². The molecular weight excluding hydrogens is 320 g/mol. The number of benzene rings is 1. The van der Waals surface area contributed by atoms with Gasteiger partial charge < -0.3 is 15.0 Å². The highest BCUT2D eigenvalue weighted by molar-refractivity contribution is 5.98. The van der Waals surface area contributed by atoms with Crippen molar-refractivity contribution in [1.82, 2.24) is 20.0 Å². The first kappa shape index (κ1) is 15.7. The Morgan fingerprint density at radius 3 is 2.72 bits per heavy atom. The van der Waals surface area contributed by atoms with E-state index in [1.54, 1.807) is 28.8 Å². The molecule has 7 heteroatoms. The van der Waals surface area contributed by atoms with Crippen LogP contribution in [-0.4, -0.2) is 39.6 Å². The molecule has 0 saturated heterocycles. The van der Waals surface area contributed by atoms with Crippen LogP contribution in [0, 0.1) is 0 Å². The Bertz CT molecular complexity index is 854. The standard InChI is InChI=1S/C18H20N4O3/c1-21-14-10-22(18(24)12-5-3-4-6-15(12)25-2)9-13(14)16(20-21)17(23)19-11-7-8-11/h3-6,11H,7-10H2,1-2H3,(H,19,23). The maximum Gasteiger partial charge on any atom is 0.272 e. The first-order chi connectivity index (χ1) is 12.1. The van der Waals surface area contributed by atoms with Gasteiger partial charge in [-0.1, -0.05) is 12.1 Å². The van der Waals surface area contributed by atoms with Crippen LogP contribution in [0.25, 0.3) is 0 Å². The number of nitrogens with zero attached hydrogens (tertiary/aromatic N) is 3. The molecule has 25 heavy (non-hydrogen) atoms. The van der Waals surface area contributed by atoms with Crippen LogP contribution in [0.15, 0.2) is 24.3 Å².